The monoisotopic (exact) mass is 528 g/mol. The van der Waals surface area contributed by atoms with Gasteiger partial charge in [0.15, 0.2) is 0 Å². The molecule has 0 aromatic carbocycles. The van der Waals surface area contributed by atoms with Gasteiger partial charge in [-0.1, -0.05) is 30.7 Å². The summed E-state index contributed by atoms with van der Waals surface area (Å²) in [7, 11) is 0. The van der Waals surface area contributed by atoms with Crippen molar-refractivity contribution >= 4 is 11.9 Å². The van der Waals surface area contributed by atoms with Crippen LogP contribution in [0.5, 0.6) is 0 Å². The minimum absolute atomic E-state index is 0.0519. The summed E-state index contributed by atoms with van der Waals surface area (Å²) in [5.74, 6) is -1.10. The lowest BCUT2D eigenvalue weighted by molar-refractivity contribution is -0.232. The molecule has 0 amide bonds. The largest absolute Gasteiger partial charge is 0.462 e. The summed E-state index contributed by atoms with van der Waals surface area (Å²) in [5.41, 5.74) is -1.76. The number of allylic oxidation sites excluding steroid dienone is 3. The number of aliphatic hydroxyl groups excluding tert-OH is 2. The first-order valence-electron chi connectivity index (χ1n) is 13.5. The minimum Gasteiger partial charge on any atom is -0.462 e. The van der Waals surface area contributed by atoms with Crippen molar-refractivity contribution in [2.75, 3.05) is 19.8 Å². The molecular weight excluding hydrogens is 492 g/mol. The van der Waals surface area contributed by atoms with Gasteiger partial charge in [-0.15, -0.1) is 0 Å². The quantitative estimate of drug-likeness (QED) is 0.299. The number of epoxide rings is 1. The zero-order valence-corrected chi connectivity index (χ0v) is 22.1. The van der Waals surface area contributed by atoms with Gasteiger partial charge in [-0.25, -0.2) is 9.59 Å². The van der Waals surface area contributed by atoms with Gasteiger partial charge in [0.05, 0.1) is 36.9 Å². The van der Waals surface area contributed by atoms with E-state index in [1.807, 2.05) is 0 Å². The standard InChI is InChI=1S/C29H36O9/c1-17-7-10-27-15-34-24(32)13-19-8-11-35-28(18(2)30,25(19)33)9-5-4-6-23(31)38-20-14-22(37-21(27)12-17)29(16-36-29)26(20,27)3/h4-6,9,12-13,18,20-22,25,30,33H,7-8,10-11,14-16H2,1-3H3/b6-4-,9-5-,19-13-/t18?,20?,21?,22-,25?,26-,27?,28?,29?/m1/s1. The lowest BCUT2D eigenvalue weighted by Gasteiger charge is -2.58. The van der Waals surface area contributed by atoms with Crippen LogP contribution in [0.4, 0.5) is 0 Å². The SMILES string of the molecule is CC1=CC2O[C@@H]3CC4OC(=O)/C=C\C=C/C5(C(C)O)OCC/C(=C/C(=O)OCC2(CC1)[C@]4(C)C31CO1)C5O. The molecule has 7 unspecified atom stereocenters. The first-order valence-corrected chi connectivity index (χ1v) is 13.5. The number of carbonyl (C=O) groups excluding carboxylic acids is 2. The Labute approximate surface area is 222 Å². The van der Waals surface area contributed by atoms with Crippen LogP contribution in [0.15, 0.2) is 47.6 Å². The third-order valence-electron chi connectivity index (χ3n) is 10.1. The Bertz CT molecular complexity index is 1150. The van der Waals surface area contributed by atoms with Crippen molar-refractivity contribution in [3.05, 3.63) is 47.6 Å². The highest BCUT2D eigenvalue weighted by molar-refractivity contribution is 5.83. The Morgan fingerprint density at radius 3 is 2.61 bits per heavy atom. The molecule has 4 aliphatic heterocycles. The van der Waals surface area contributed by atoms with E-state index in [2.05, 4.69) is 19.9 Å². The Hall–Kier alpha value is -2.30. The summed E-state index contributed by atoms with van der Waals surface area (Å²) in [6.07, 6.45) is 8.21. The van der Waals surface area contributed by atoms with Crippen molar-refractivity contribution in [2.45, 2.75) is 88.2 Å². The Kier molecular flexibility index (Phi) is 6.05. The third kappa shape index (κ3) is 3.48. The number of hydrogen-bond donors (Lipinski definition) is 2. The maximum absolute atomic E-state index is 13.2. The number of cyclic esters (lactones) is 1. The smallest absolute Gasteiger partial charge is 0.331 e. The number of esters is 2. The van der Waals surface area contributed by atoms with Crippen molar-refractivity contribution in [2.24, 2.45) is 10.8 Å². The summed E-state index contributed by atoms with van der Waals surface area (Å²) in [4.78, 5) is 26.2. The highest BCUT2D eigenvalue weighted by Crippen LogP contribution is 2.72. The normalized spacial score (nSPS) is 50.0. The van der Waals surface area contributed by atoms with E-state index < -0.39 is 52.3 Å². The van der Waals surface area contributed by atoms with E-state index >= 15 is 0 Å². The zero-order chi connectivity index (χ0) is 26.9. The molecule has 206 valence electrons. The number of fused-ring (bicyclic) bond motifs is 2. The topological polar surface area (TPSA) is 124 Å². The van der Waals surface area contributed by atoms with Crippen molar-refractivity contribution in [1.29, 1.82) is 0 Å². The predicted octanol–water partition coefficient (Wildman–Crippen LogP) is 2.07. The molecule has 3 saturated heterocycles. The van der Waals surface area contributed by atoms with Crippen molar-refractivity contribution in [1.82, 2.24) is 0 Å². The van der Waals surface area contributed by atoms with Gasteiger partial charge < -0.3 is 33.9 Å². The van der Waals surface area contributed by atoms with Crippen LogP contribution in [0.3, 0.4) is 0 Å². The molecule has 0 aromatic heterocycles. The molecule has 9 atom stereocenters. The number of rotatable bonds is 1. The highest BCUT2D eigenvalue weighted by atomic mass is 16.6. The molecule has 0 aromatic rings. The summed E-state index contributed by atoms with van der Waals surface area (Å²) < 4.78 is 30.6. The van der Waals surface area contributed by atoms with Gasteiger partial charge in [-0.3, -0.25) is 0 Å². The molecule has 1 saturated carbocycles. The molecule has 0 radical (unpaired) electrons. The van der Waals surface area contributed by atoms with Crippen LogP contribution in [0, 0.1) is 10.8 Å². The molecule has 6 aliphatic rings. The average Bonchev–Trinajstić information content (AvgIpc) is 3.65. The van der Waals surface area contributed by atoms with Gasteiger partial charge in [0, 0.05) is 24.0 Å². The molecule has 4 heterocycles. The average molecular weight is 529 g/mol. The fourth-order valence-corrected chi connectivity index (χ4v) is 7.68. The maximum atomic E-state index is 13.2. The number of ether oxygens (including phenoxy) is 5. The third-order valence-corrected chi connectivity index (χ3v) is 10.1. The van der Waals surface area contributed by atoms with Crippen LogP contribution in [0.25, 0.3) is 0 Å². The van der Waals surface area contributed by atoms with E-state index in [4.69, 9.17) is 23.7 Å². The number of aliphatic hydroxyl groups is 2. The van der Waals surface area contributed by atoms with Gasteiger partial charge >= 0.3 is 11.9 Å². The second kappa shape index (κ2) is 8.86. The maximum Gasteiger partial charge on any atom is 0.331 e. The molecule has 9 nitrogen and oxygen atoms in total. The van der Waals surface area contributed by atoms with Gasteiger partial charge in [0.1, 0.15) is 30.0 Å². The Morgan fingerprint density at radius 1 is 1.08 bits per heavy atom. The van der Waals surface area contributed by atoms with Crippen molar-refractivity contribution in [3.8, 4) is 0 Å². The second-order valence-electron chi connectivity index (χ2n) is 11.8. The summed E-state index contributed by atoms with van der Waals surface area (Å²) in [5, 5.41) is 21.7. The van der Waals surface area contributed by atoms with Crippen LogP contribution in [-0.4, -0.2) is 83.7 Å². The molecule has 6 rings (SSSR count). The molecule has 4 fully saturated rings. The van der Waals surface area contributed by atoms with E-state index in [1.54, 1.807) is 6.08 Å². The summed E-state index contributed by atoms with van der Waals surface area (Å²) in [6, 6.07) is 0. The van der Waals surface area contributed by atoms with Gasteiger partial charge in [0.25, 0.3) is 0 Å². The molecule has 2 aliphatic carbocycles. The number of carbonyl (C=O) groups is 2. The molecule has 2 spiro atoms. The first-order chi connectivity index (χ1) is 18.1. The van der Waals surface area contributed by atoms with E-state index in [1.165, 1.54) is 36.8 Å². The van der Waals surface area contributed by atoms with E-state index in [9.17, 15) is 19.8 Å². The molecule has 4 bridgehead atoms. The molecule has 38 heavy (non-hydrogen) atoms. The lowest BCUT2D eigenvalue weighted by Crippen LogP contribution is -2.66. The first kappa shape index (κ1) is 26.0. The van der Waals surface area contributed by atoms with E-state index in [0.717, 1.165) is 6.42 Å². The molecular formula is C29H36O9. The second-order valence-corrected chi connectivity index (χ2v) is 11.8. The fourth-order valence-electron chi connectivity index (χ4n) is 7.68. The van der Waals surface area contributed by atoms with E-state index in [0.29, 0.717) is 31.4 Å². The summed E-state index contributed by atoms with van der Waals surface area (Å²) in [6.45, 7) is 6.43. The molecule has 9 heteroatoms. The fraction of sp³-hybridized carbons (Fsp3) is 0.655. The highest BCUT2D eigenvalue weighted by Gasteiger charge is 2.83. The van der Waals surface area contributed by atoms with Crippen molar-refractivity contribution in [3.63, 3.8) is 0 Å². The molecule has 2 N–H and O–H groups in total. The zero-order valence-electron chi connectivity index (χ0n) is 22.1. The van der Waals surface area contributed by atoms with Crippen LogP contribution in [-0.2, 0) is 33.3 Å². The summed E-state index contributed by atoms with van der Waals surface area (Å²) >= 11 is 0. The Morgan fingerprint density at radius 2 is 1.87 bits per heavy atom. The Balaban J connectivity index is 1.44. The van der Waals surface area contributed by atoms with Crippen LogP contribution in [0.2, 0.25) is 0 Å². The van der Waals surface area contributed by atoms with Gasteiger partial charge in [-0.05, 0) is 44.8 Å². The minimum atomic E-state index is -1.47. The lowest BCUT2D eigenvalue weighted by atomic mass is 9.51. The van der Waals surface area contributed by atoms with Gasteiger partial charge in [-0.2, -0.15) is 0 Å². The van der Waals surface area contributed by atoms with Crippen LogP contribution < -0.4 is 0 Å². The van der Waals surface area contributed by atoms with Crippen LogP contribution in [0.1, 0.15) is 46.5 Å². The predicted molar refractivity (Wildman–Crippen MR) is 134 cm³/mol. The van der Waals surface area contributed by atoms with Crippen LogP contribution >= 0.6 is 0 Å². The van der Waals surface area contributed by atoms with Crippen molar-refractivity contribution < 1.29 is 43.5 Å². The van der Waals surface area contributed by atoms with Gasteiger partial charge in [0.2, 0.25) is 0 Å². The van der Waals surface area contributed by atoms with E-state index in [-0.39, 0.29) is 25.4 Å². The number of hydrogen-bond acceptors (Lipinski definition) is 9.